The van der Waals surface area contributed by atoms with Crippen LogP contribution in [0.15, 0.2) is 23.1 Å². The lowest BCUT2D eigenvalue weighted by Crippen LogP contribution is -2.31. The summed E-state index contributed by atoms with van der Waals surface area (Å²) in [5.74, 6) is 0. The molecule has 1 aromatic rings. The monoisotopic (exact) mass is 309 g/mol. The number of nitrogens with one attached hydrogen (secondary N) is 1. The Labute approximate surface area is 116 Å². The molecule has 1 N–H and O–H groups in total. The second kappa shape index (κ2) is 5.75. The summed E-state index contributed by atoms with van der Waals surface area (Å²) in [7, 11) is -3.56. The fraction of sp³-hybridized carbons (Fsp3) is 0.455. The van der Waals surface area contributed by atoms with Crippen molar-refractivity contribution in [3.05, 3.63) is 28.2 Å². The summed E-state index contributed by atoms with van der Waals surface area (Å²) in [6, 6.07) is 4.22. The maximum Gasteiger partial charge on any atom is 0.240 e. The molecule has 1 aromatic carbocycles. The molecular weight excluding hydrogens is 297 g/mol. The van der Waals surface area contributed by atoms with Crippen molar-refractivity contribution in [3.63, 3.8) is 0 Å². The van der Waals surface area contributed by atoms with Gasteiger partial charge in [-0.15, -0.1) is 0 Å². The Hall–Kier alpha value is -0.330. The standard InChI is InChI=1S/C11H13Cl2NO3S/c12-10-4-3-9(6-11(10)13)18(15,16)14-7-8-2-1-5-17-8/h3-4,6,8,14H,1-2,5,7H2/t8-/m0/s1. The van der Waals surface area contributed by atoms with Crippen LogP contribution in [0.1, 0.15) is 12.8 Å². The number of hydrogen-bond acceptors (Lipinski definition) is 3. The highest BCUT2D eigenvalue weighted by atomic mass is 35.5. The van der Waals surface area contributed by atoms with Gasteiger partial charge in [-0.3, -0.25) is 0 Å². The largest absolute Gasteiger partial charge is 0.377 e. The fourth-order valence-electron chi connectivity index (χ4n) is 1.74. The zero-order chi connectivity index (χ0) is 13.2. The Morgan fingerprint density at radius 2 is 2.11 bits per heavy atom. The van der Waals surface area contributed by atoms with E-state index in [1.54, 1.807) is 0 Å². The average Bonchev–Trinajstić information content (AvgIpc) is 2.83. The lowest BCUT2D eigenvalue weighted by atomic mass is 10.2. The van der Waals surface area contributed by atoms with Gasteiger partial charge < -0.3 is 4.74 Å². The molecule has 1 fully saturated rings. The van der Waals surface area contributed by atoms with E-state index >= 15 is 0 Å². The van der Waals surface area contributed by atoms with Crippen molar-refractivity contribution in [2.24, 2.45) is 0 Å². The van der Waals surface area contributed by atoms with Crippen LogP contribution in [-0.2, 0) is 14.8 Å². The molecule has 0 aromatic heterocycles. The van der Waals surface area contributed by atoms with Gasteiger partial charge in [-0.05, 0) is 31.0 Å². The lowest BCUT2D eigenvalue weighted by molar-refractivity contribution is 0.114. The lowest BCUT2D eigenvalue weighted by Gasteiger charge is -2.11. The van der Waals surface area contributed by atoms with Gasteiger partial charge in [-0.25, -0.2) is 13.1 Å². The van der Waals surface area contributed by atoms with Crippen molar-refractivity contribution in [2.45, 2.75) is 23.8 Å². The predicted octanol–water partition coefficient (Wildman–Crippen LogP) is 2.45. The van der Waals surface area contributed by atoms with Crippen molar-refractivity contribution < 1.29 is 13.2 Å². The van der Waals surface area contributed by atoms with E-state index < -0.39 is 10.0 Å². The molecule has 7 heteroatoms. The summed E-state index contributed by atoms with van der Waals surface area (Å²) >= 11 is 11.5. The number of rotatable bonds is 4. The van der Waals surface area contributed by atoms with Crippen LogP contribution in [0.5, 0.6) is 0 Å². The SMILES string of the molecule is O=S(=O)(NC[C@@H]1CCCO1)c1ccc(Cl)c(Cl)c1. The maximum absolute atomic E-state index is 12.0. The molecule has 1 aliphatic rings. The Morgan fingerprint density at radius 3 is 2.72 bits per heavy atom. The number of ether oxygens (including phenoxy) is 1. The molecule has 0 unspecified atom stereocenters. The zero-order valence-electron chi connectivity index (χ0n) is 9.53. The third-order valence-corrected chi connectivity index (χ3v) is 4.89. The summed E-state index contributed by atoms with van der Waals surface area (Å²) in [5.41, 5.74) is 0. The van der Waals surface area contributed by atoms with Crippen molar-refractivity contribution in [1.82, 2.24) is 4.72 Å². The van der Waals surface area contributed by atoms with Gasteiger partial charge in [0.05, 0.1) is 21.0 Å². The van der Waals surface area contributed by atoms with Gasteiger partial charge in [0, 0.05) is 13.2 Å². The minimum absolute atomic E-state index is 0.0393. The minimum Gasteiger partial charge on any atom is -0.377 e. The van der Waals surface area contributed by atoms with Crippen LogP contribution < -0.4 is 4.72 Å². The van der Waals surface area contributed by atoms with Crippen molar-refractivity contribution in [1.29, 1.82) is 0 Å². The Morgan fingerprint density at radius 1 is 1.33 bits per heavy atom. The van der Waals surface area contributed by atoms with Crippen molar-refractivity contribution in [3.8, 4) is 0 Å². The predicted molar refractivity (Wildman–Crippen MR) is 70.6 cm³/mol. The molecule has 0 amide bonds. The third-order valence-electron chi connectivity index (χ3n) is 2.73. The minimum atomic E-state index is -3.56. The molecule has 0 aliphatic carbocycles. The van der Waals surface area contributed by atoms with E-state index in [0.717, 1.165) is 12.8 Å². The second-order valence-corrected chi connectivity index (χ2v) is 6.64. The van der Waals surface area contributed by atoms with E-state index in [9.17, 15) is 8.42 Å². The number of halogens is 2. The van der Waals surface area contributed by atoms with Crippen LogP contribution in [0, 0.1) is 0 Å². The second-order valence-electron chi connectivity index (χ2n) is 4.06. The number of sulfonamides is 1. The van der Waals surface area contributed by atoms with Gasteiger partial charge in [0.1, 0.15) is 0 Å². The van der Waals surface area contributed by atoms with Gasteiger partial charge >= 0.3 is 0 Å². The highest BCUT2D eigenvalue weighted by molar-refractivity contribution is 7.89. The van der Waals surface area contributed by atoms with Crippen LogP contribution >= 0.6 is 23.2 Å². The summed E-state index contributed by atoms with van der Waals surface area (Å²) in [5, 5.41) is 0.548. The molecule has 1 heterocycles. The van der Waals surface area contributed by atoms with Gasteiger partial charge in [-0.2, -0.15) is 0 Å². The fourth-order valence-corrected chi connectivity index (χ4v) is 3.19. The Kier molecular flexibility index (Phi) is 4.50. The van der Waals surface area contributed by atoms with E-state index in [0.29, 0.717) is 11.6 Å². The third kappa shape index (κ3) is 3.36. The smallest absolute Gasteiger partial charge is 0.240 e. The van der Waals surface area contributed by atoms with Crippen LogP contribution in [0.25, 0.3) is 0 Å². The molecule has 4 nitrogen and oxygen atoms in total. The normalized spacial score (nSPS) is 20.2. The summed E-state index contributed by atoms with van der Waals surface area (Å²) in [4.78, 5) is 0.106. The van der Waals surface area contributed by atoms with Crippen LogP contribution in [-0.4, -0.2) is 27.7 Å². The number of hydrogen-bond donors (Lipinski definition) is 1. The molecule has 1 aliphatic heterocycles. The van der Waals surface area contributed by atoms with E-state index in [1.165, 1.54) is 18.2 Å². The molecule has 1 saturated heterocycles. The molecule has 0 bridgehead atoms. The summed E-state index contributed by atoms with van der Waals surface area (Å²) in [6.07, 6.45) is 1.81. The van der Waals surface area contributed by atoms with E-state index in [2.05, 4.69) is 4.72 Å². The topological polar surface area (TPSA) is 55.4 Å². The highest BCUT2D eigenvalue weighted by Gasteiger charge is 2.20. The Balaban J connectivity index is 2.07. The first-order valence-electron chi connectivity index (χ1n) is 5.55. The number of benzene rings is 1. The van der Waals surface area contributed by atoms with Crippen molar-refractivity contribution >= 4 is 33.2 Å². The zero-order valence-corrected chi connectivity index (χ0v) is 11.9. The first-order valence-corrected chi connectivity index (χ1v) is 7.79. The highest BCUT2D eigenvalue weighted by Crippen LogP contribution is 2.24. The van der Waals surface area contributed by atoms with Gasteiger partial charge in [-0.1, -0.05) is 23.2 Å². The van der Waals surface area contributed by atoms with Gasteiger partial charge in [0.2, 0.25) is 10.0 Å². The molecule has 0 spiro atoms. The average molecular weight is 310 g/mol. The molecule has 2 rings (SSSR count). The van der Waals surface area contributed by atoms with E-state index in [4.69, 9.17) is 27.9 Å². The first kappa shape index (κ1) is 14.1. The van der Waals surface area contributed by atoms with E-state index in [-0.39, 0.29) is 22.6 Å². The molecule has 18 heavy (non-hydrogen) atoms. The first-order chi connectivity index (χ1) is 8.49. The van der Waals surface area contributed by atoms with Gasteiger partial charge in [0.15, 0.2) is 0 Å². The molecule has 1 atom stereocenters. The van der Waals surface area contributed by atoms with E-state index in [1.807, 2.05) is 0 Å². The molecule has 0 saturated carbocycles. The van der Waals surface area contributed by atoms with Crippen LogP contribution in [0.3, 0.4) is 0 Å². The van der Waals surface area contributed by atoms with Gasteiger partial charge in [0.25, 0.3) is 0 Å². The Bertz CT molecular complexity index is 527. The summed E-state index contributed by atoms with van der Waals surface area (Å²) < 4.78 is 31.8. The summed E-state index contributed by atoms with van der Waals surface area (Å²) in [6.45, 7) is 0.974. The van der Waals surface area contributed by atoms with Crippen LogP contribution in [0.2, 0.25) is 10.0 Å². The van der Waals surface area contributed by atoms with Crippen LogP contribution in [0.4, 0.5) is 0 Å². The molecular formula is C11H13Cl2NO3S. The quantitative estimate of drug-likeness (QED) is 0.929. The maximum atomic E-state index is 12.0. The van der Waals surface area contributed by atoms with Crippen molar-refractivity contribution in [2.75, 3.05) is 13.2 Å². The molecule has 100 valence electrons. The molecule has 0 radical (unpaired) electrons.